The summed E-state index contributed by atoms with van der Waals surface area (Å²) in [5.74, 6) is 1.37. The predicted octanol–water partition coefficient (Wildman–Crippen LogP) is 0.448. The molecule has 1 aromatic heterocycles. The van der Waals surface area contributed by atoms with E-state index in [0.717, 1.165) is 25.8 Å². The zero-order chi connectivity index (χ0) is 13.9. The highest BCUT2D eigenvalue weighted by molar-refractivity contribution is 7.89. The summed E-state index contributed by atoms with van der Waals surface area (Å²) in [6.45, 7) is 3.60. The van der Waals surface area contributed by atoms with Crippen molar-refractivity contribution < 1.29 is 12.9 Å². The Kier molecular flexibility index (Phi) is 4.54. The Labute approximate surface area is 113 Å². The van der Waals surface area contributed by atoms with Gasteiger partial charge in [0, 0.05) is 6.42 Å². The first-order valence-corrected chi connectivity index (χ1v) is 8.28. The largest absolute Gasteiger partial charge is 0.339 e. The molecule has 0 bridgehead atoms. The van der Waals surface area contributed by atoms with Gasteiger partial charge in [0.05, 0.1) is 11.8 Å². The van der Waals surface area contributed by atoms with Gasteiger partial charge in [-0.15, -0.1) is 0 Å². The number of rotatable bonds is 6. The Morgan fingerprint density at radius 2 is 2.32 bits per heavy atom. The highest BCUT2D eigenvalue weighted by Gasteiger charge is 2.29. The van der Waals surface area contributed by atoms with Crippen LogP contribution in [0.2, 0.25) is 0 Å². The topological polar surface area (TPSA) is 102 Å². The molecule has 0 aliphatic carbocycles. The van der Waals surface area contributed by atoms with Gasteiger partial charge in [0.1, 0.15) is 0 Å². The maximum absolute atomic E-state index is 10.9. The predicted molar refractivity (Wildman–Crippen MR) is 69.8 cm³/mol. The Balaban J connectivity index is 1.93. The molecular formula is C11H20N4O3S. The Morgan fingerprint density at radius 1 is 1.53 bits per heavy atom. The van der Waals surface area contributed by atoms with E-state index >= 15 is 0 Å². The van der Waals surface area contributed by atoms with Gasteiger partial charge in [0.2, 0.25) is 15.9 Å². The van der Waals surface area contributed by atoms with E-state index in [1.54, 1.807) is 0 Å². The number of hydrogen-bond acceptors (Lipinski definition) is 6. The number of aryl methyl sites for hydroxylation is 1. The van der Waals surface area contributed by atoms with E-state index in [1.165, 1.54) is 0 Å². The lowest BCUT2D eigenvalue weighted by atomic mass is 10.2. The van der Waals surface area contributed by atoms with Gasteiger partial charge in [-0.1, -0.05) is 12.1 Å². The summed E-state index contributed by atoms with van der Waals surface area (Å²) in [7, 11) is -3.37. The summed E-state index contributed by atoms with van der Waals surface area (Å²) in [6, 6.07) is 0.143. The van der Waals surface area contributed by atoms with Crippen LogP contribution < -0.4 is 5.14 Å². The zero-order valence-electron chi connectivity index (χ0n) is 11.1. The lowest BCUT2D eigenvalue weighted by Crippen LogP contribution is -2.27. The van der Waals surface area contributed by atoms with Crippen molar-refractivity contribution in [2.45, 2.75) is 38.6 Å². The van der Waals surface area contributed by atoms with Gasteiger partial charge in [-0.2, -0.15) is 4.98 Å². The lowest BCUT2D eigenvalue weighted by Gasteiger charge is -2.21. The van der Waals surface area contributed by atoms with Crippen molar-refractivity contribution >= 4 is 10.0 Å². The monoisotopic (exact) mass is 288 g/mol. The number of primary sulfonamides is 1. The van der Waals surface area contributed by atoms with E-state index in [2.05, 4.69) is 15.0 Å². The van der Waals surface area contributed by atoms with Crippen molar-refractivity contribution in [3.05, 3.63) is 11.7 Å². The summed E-state index contributed by atoms with van der Waals surface area (Å²) in [6.07, 6.45) is 3.31. The van der Waals surface area contributed by atoms with Crippen LogP contribution >= 0.6 is 0 Å². The minimum Gasteiger partial charge on any atom is -0.339 e. The third kappa shape index (κ3) is 3.99. The molecule has 1 fully saturated rings. The average Bonchev–Trinajstić information content (AvgIpc) is 2.94. The van der Waals surface area contributed by atoms with Gasteiger partial charge in [0.25, 0.3) is 0 Å². The highest BCUT2D eigenvalue weighted by atomic mass is 32.2. The molecule has 0 spiro atoms. The van der Waals surface area contributed by atoms with E-state index in [9.17, 15) is 8.42 Å². The van der Waals surface area contributed by atoms with E-state index < -0.39 is 10.0 Å². The van der Waals surface area contributed by atoms with Gasteiger partial charge in [-0.3, -0.25) is 4.90 Å². The second-order valence-electron chi connectivity index (χ2n) is 4.81. The van der Waals surface area contributed by atoms with Crippen molar-refractivity contribution in [1.82, 2.24) is 15.0 Å². The highest BCUT2D eigenvalue weighted by Crippen LogP contribution is 2.30. The molecular weight excluding hydrogens is 268 g/mol. The first kappa shape index (κ1) is 14.4. The second-order valence-corrected chi connectivity index (χ2v) is 6.55. The number of hydrogen-bond donors (Lipinski definition) is 1. The lowest BCUT2D eigenvalue weighted by molar-refractivity contribution is 0.243. The van der Waals surface area contributed by atoms with E-state index in [-0.39, 0.29) is 11.8 Å². The first-order chi connectivity index (χ1) is 8.99. The summed E-state index contributed by atoms with van der Waals surface area (Å²) < 4.78 is 27.0. The van der Waals surface area contributed by atoms with Crippen molar-refractivity contribution in [2.75, 3.05) is 18.8 Å². The molecule has 1 saturated heterocycles. The molecule has 0 amide bonds. The maximum Gasteiger partial charge on any atom is 0.226 e. The maximum atomic E-state index is 10.9. The quantitative estimate of drug-likeness (QED) is 0.815. The van der Waals surface area contributed by atoms with Crippen molar-refractivity contribution in [3.8, 4) is 0 Å². The van der Waals surface area contributed by atoms with E-state index in [0.29, 0.717) is 24.7 Å². The summed E-state index contributed by atoms with van der Waals surface area (Å²) in [5.41, 5.74) is 0. The van der Waals surface area contributed by atoms with Crippen molar-refractivity contribution in [2.24, 2.45) is 5.14 Å². The van der Waals surface area contributed by atoms with E-state index in [4.69, 9.17) is 9.66 Å². The zero-order valence-corrected chi connectivity index (χ0v) is 11.9. The fourth-order valence-corrected chi connectivity index (χ4v) is 2.93. The van der Waals surface area contributed by atoms with Crippen LogP contribution in [0.3, 0.4) is 0 Å². The molecule has 8 heteroatoms. The number of likely N-dealkylation sites (tertiary alicyclic amines) is 1. The van der Waals surface area contributed by atoms with Gasteiger partial charge in [-0.25, -0.2) is 13.6 Å². The molecule has 2 N–H and O–H groups in total. The summed E-state index contributed by atoms with van der Waals surface area (Å²) in [5, 5.41) is 9.01. The Bertz CT molecular complexity index is 514. The molecule has 7 nitrogen and oxygen atoms in total. The molecule has 1 aromatic rings. The Hall–Kier alpha value is -0.990. The normalized spacial score (nSPS) is 21.1. The van der Waals surface area contributed by atoms with Gasteiger partial charge < -0.3 is 4.52 Å². The summed E-state index contributed by atoms with van der Waals surface area (Å²) >= 11 is 0. The number of aromatic nitrogens is 2. The van der Waals surface area contributed by atoms with Crippen LogP contribution in [-0.4, -0.2) is 42.3 Å². The minimum atomic E-state index is -3.37. The van der Waals surface area contributed by atoms with Crippen molar-refractivity contribution in [3.63, 3.8) is 0 Å². The molecule has 0 radical (unpaired) electrons. The smallest absolute Gasteiger partial charge is 0.226 e. The first-order valence-electron chi connectivity index (χ1n) is 6.56. The third-order valence-corrected chi connectivity index (χ3v) is 4.18. The van der Waals surface area contributed by atoms with Gasteiger partial charge in [-0.05, 0) is 32.4 Å². The summed E-state index contributed by atoms with van der Waals surface area (Å²) in [4.78, 5) is 6.56. The minimum absolute atomic E-state index is 0.0165. The standard InChI is InChI=1S/C11H20N4O3S/c1-2-10-13-11(14-18-10)9-5-3-6-15(9)7-4-8-19(12,16)17/h9H,2-8H2,1H3,(H2,12,16,17)/t9-/m0/s1. The van der Waals surface area contributed by atoms with Crippen molar-refractivity contribution in [1.29, 1.82) is 0 Å². The molecule has 0 aromatic carbocycles. The SMILES string of the molecule is CCc1nc([C@@H]2CCCN2CCCS(N)(=O)=O)no1. The van der Waals surface area contributed by atoms with Gasteiger partial charge in [0.15, 0.2) is 5.82 Å². The molecule has 2 heterocycles. The van der Waals surface area contributed by atoms with Crippen LogP contribution in [0, 0.1) is 0 Å². The van der Waals surface area contributed by atoms with E-state index in [1.807, 2.05) is 6.92 Å². The van der Waals surface area contributed by atoms with Crippen LogP contribution in [0.1, 0.15) is 43.9 Å². The number of sulfonamides is 1. The molecule has 1 aliphatic heterocycles. The third-order valence-electron chi connectivity index (χ3n) is 3.32. The van der Waals surface area contributed by atoms with Crippen LogP contribution in [0.5, 0.6) is 0 Å². The number of nitrogens with two attached hydrogens (primary N) is 1. The molecule has 0 saturated carbocycles. The fraction of sp³-hybridized carbons (Fsp3) is 0.818. The molecule has 0 unspecified atom stereocenters. The molecule has 2 rings (SSSR count). The van der Waals surface area contributed by atoms with Gasteiger partial charge >= 0.3 is 0 Å². The molecule has 19 heavy (non-hydrogen) atoms. The second kappa shape index (κ2) is 5.98. The van der Waals surface area contributed by atoms with Crippen LogP contribution in [0.25, 0.3) is 0 Å². The Morgan fingerprint density at radius 3 is 2.95 bits per heavy atom. The van der Waals surface area contributed by atoms with Crippen LogP contribution in [0.4, 0.5) is 0 Å². The number of nitrogens with zero attached hydrogens (tertiary/aromatic N) is 3. The molecule has 108 valence electrons. The molecule has 1 atom stereocenters. The van der Waals surface area contributed by atoms with Crippen LogP contribution in [0.15, 0.2) is 4.52 Å². The molecule has 1 aliphatic rings. The fourth-order valence-electron chi connectivity index (χ4n) is 2.40. The average molecular weight is 288 g/mol. The van der Waals surface area contributed by atoms with Crippen LogP contribution in [-0.2, 0) is 16.4 Å².